The number of hydrogen-bond acceptors (Lipinski definition) is 5. The molecule has 1 aliphatic rings. The van der Waals surface area contributed by atoms with Gasteiger partial charge in [0, 0.05) is 29.7 Å². The van der Waals surface area contributed by atoms with Gasteiger partial charge in [-0.2, -0.15) is 0 Å². The Morgan fingerprint density at radius 2 is 1.81 bits per heavy atom. The molecule has 2 aromatic rings. The SMILES string of the molecule is COc1cc(OC)c(C2=CCN(C)CC2)c(OC)c1/C=C/C(=O)c1cc(Cl)ccc1Cl. The number of ketones is 1. The van der Waals surface area contributed by atoms with Gasteiger partial charge >= 0.3 is 0 Å². The fraction of sp³-hybridized carbons (Fsp3) is 0.292. The Hall–Kier alpha value is -2.47. The van der Waals surface area contributed by atoms with Crippen LogP contribution in [0.4, 0.5) is 0 Å². The highest BCUT2D eigenvalue weighted by Gasteiger charge is 2.23. The minimum absolute atomic E-state index is 0.271. The van der Waals surface area contributed by atoms with E-state index in [2.05, 4.69) is 18.0 Å². The van der Waals surface area contributed by atoms with Crippen LogP contribution in [0.1, 0.15) is 27.9 Å². The summed E-state index contributed by atoms with van der Waals surface area (Å²) in [6.07, 6.45) is 6.14. The number of carbonyl (C=O) groups excluding carboxylic acids is 1. The zero-order chi connectivity index (χ0) is 22.5. The van der Waals surface area contributed by atoms with E-state index in [0.717, 1.165) is 30.6 Å². The van der Waals surface area contributed by atoms with Crippen molar-refractivity contribution in [1.29, 1.82) is 0 Å². The molecule has 0 spiro atoms. The van der Waals surface area contributed by atoms with Crippen LogP contribution in [-0.4, -0.2) is 52.1 Å². The van der Waals surface area contributed by atoms with Gasteiger partial charge < -0.3 is 19.1 Å². The number of likely N-dealkylation sites (N-methyl/N-ethyl adjacent to an activating group) is 1. The van der Waals surface area contributed by atoms with Gasteiger partial charge in [-0.05, 0) is 49.4 Å². The molecule has 1 aliphatic heterocycles. The maximum Gasteiger partial charge on any atom is 0.187 e. The molecule has 0 fully saturated rings. The molecule has 5 nitrogen and oxygen atoms in total. The van der Waals surface area contributed by atoms with Gasteiger partial charge in [-0.15, -0.1) is 0 Å². The molecule has 1 heterocycles. The van der Waals surface area contributed by atoms with Gasteiger partial charge in [0.05, 0.1) is 37.5 Å². The first-order chi connectivity index (χ1) is 14.9. The summed E-state index contributed by atoms with van der Waals surface area (Å²) in [6.45, 7) is 1.77. The molecular weight excluding hydrogens is 437 g/mol. The number of methoxy groups -OCH3 is 3. The number of rotatable bonds is 7. The van der Waals surface area contributed by atoms with E-state index >= 15 is 0 Å². The van der Waals surface area contributed by atoms with Crippen LogP contribution in [0.15, 0.2) is 36.4 Å². The number of allylic oxidation sites excluding steroid dienone is 1. The molecule has 164 valence electrons. The van der Waals surface area contributed by atoms with E-state index in [1.165, 1.54) is 6.08 Å². The third-order valence-corrected chi connectivity index (χ3v) is 5.78. The minimum Gasteiger partial charge on any atom is -0.496 e. The van der Waals surface area contributed by atoms with Gasteiger partial charge in [0.2, 0.25) is 0 Å². The Morgan fingerprint density at radius 3 is 2.42 bits per heavy atom. The second-order valence-electron chi connectivity index (χ2n) is 7.17. The summed E-state index contributed by atoms with van der Waals surface area (Å²) in [7, 11) is 6.86. The molecule has 0 atom stereocenters. The largest absolute Gasteiger partial charge is 0.496 e. The molecule has 0 amide bonds. The van der Waals surface area contributed by atoms with E-state index in [-0.39, 0.29) is 5.78 Å². The van der Waals surface area contributed by atoms with E-state index in [0.29, 0.717) is 38.4 Å². The van der Waals surface area contributed by atoms with E-state index in [1.807, 2.05) is 6.07 Å². The van der Waals surface area contributed by atoms with Crippen LogP contribution in [0.5, 0.6) is 17.2 Å². The highest BCUT2D eigenvalue weighted by molar-refractivity contribution is 6.36. The fourth-order valence-corrected chi connectivity index (χ4v) is 3.95. The van der Waals surface area contributed by atoms with Crippen molar-refractivity contribution in [2.24, 2.45) is 0 Å². The van der Waals surface area contributed by atoms with Crippen molar-refractivity contribution in [2.45, 2.75) is 6.42 Å². The molecule has 7 heteroatoms. The topological polar surface area (TPSA) is 48.0 Å². The van der Waals surface area contributed by atoms with Crippen LogP contribution >= 0.6 is 23.2 Å². The predicted molar refractivity (Wildman–Crippen MR) is 126 cm³/mol. The first kappa shape index (κ1) is 23.2. The molecule has 0 unspecified atom stereocenters. The molecule has 0 bridgehead atoms. The summed E-state index contributed by atoms with van der Waals surface area (Å²) in [6, 6.07) is 6.60. The van der Waals surface area contributed by atoms with Crippen molar-refractivity contribution in [3.63, 3.8) is 0 Å². The maximum atomic E-state index is 12.8. The normalized spacial score (nSPS) is 14.5. The first-order valence-corrected chi connectivity index (χ1v) is 10.5. The van der Waals surface area contributed by atoms with Gasteiger partial charge in [0.25, 0.3) is 0 Å². The summed E-state index contributed by atoms with van der Waals surface area (Å²) in [5.74, 6) is 1.51. The second-order valence-corrected chi connectivity index (χ2v) is 8.01. The number of benzene rings is 2. The number of nitrogens with zero attached hydrogens (tertiary/aromatic N) is 1. The monoisotopic (exact) mass is 461 g/mol. The number of ether oxygens (including phenoxy) is 3. The maximum absolute atomic E-state index is 12.8. The first-order valence-electron chi connectivity index (χ1n) is 9.78. The van der Waals surface area contributed by atoms with E-state index in [4.69, 9.17) is 37.4 Å². The predicted octanol–water partition coefficient (Wildman–Crippen LogP) is 5.63. The lowest BCUT2D eigenvalue weighted by Gasteiger charge is -2.25. The third kappa shape index (κ3) is 5.06. The summed E-state index contributed by atoms with van der Waals surface area (Å²) >= 11 is 12.2. The molecule has 0 aliphatic carbocycles. The number of hydrogen-bond donors (Lipinski definition) is 0. The Kier molecular flexibility index (Phi) is 7.65. The summed E-state index contributed by atoms with van der Waals surface area (Å²) in [5.41, 5.74) is 2.97. The van der Waals surface area contributed by atoms with Crippen LogP contribution in [0, 0.1) is 0 Å². The standard InChI is InChI=1S/C24H25Cl2NO4/c1-27-11-9-15(10-12-27)23-22(30-3)14-21(29-2)17(24(23)31-4)6-8-20(28)18-13-16(25)5-7-19(18)26/h5-9,13-14H,10-12H2,1-4H3/b8-6+. The second kappa shape index (κ2) is 10.2. The van der Waals surface area contributed by atoms with Gasteiger partial charge in [-0.1, -0.05) is 29.3 Å². The van der Waals surface area contributed by atoms with Crippen LogP contribution in [0.3, 0.4) is 0 Å². The lowest BCUT2D eigenvalue weighted by atomic mass is 9.94. The molecule has 3 rings (SSSR count). The number of carbonyl (C=O) groups is 1. The molecule has 0 saturated heterocycles. The van der Waals surface area contributed by atoms with Crippen molar-refractivity contribution in [2.75, 3.05) is 41.5 Å². The summed E-state index contributed by atoms with van der Waals surface area (Å²) in [5, 5.41) is 0.780. The van der Waals surface area contributed by atoms with Crippen LogP contribution in [-0.2, 0) is 0 Å². The van der Waals surface area contributed by atoms with Crippen LogP contribution < -0.4 is 14.2 Å². The van der Waals surface area contributed by atoms with Crippen molar-refractivity contribution in [3.05, 3.63) is 63.2 Å². The van der Waals surface area contributed by atoms with Gasteiger partial charge in [-0.25, -0.2) is 0 Å². The molecule has 0 saturated carbocycles. The minimum atomic E-state index is -0.271. The van der Waals surface area contributed by atoms with E-state index in [1.54, 1.807) is 45.6 Å². The Bertz CT molecular complexity index is 1050. The molecule has 31 heavy (non-hydrogen) atoms. The molecule has 2 aromatic carbocycles. The molecule has 0 N–H and O–H groups in total. The van der Waals surface area contributed by atoms with Gasteiger partial charge in [-0.3, -0.25) is 4.79 Å². The quantitative estimate of drug-likeness (QED) is 0.394. The van der Waals surface area contributed by atoms with Gasteiger partial charge in [0.1, 0.15) is 17.2 Å². The smallest absolute Gasteiger partial charge is 0.187 e. The van der Waals surface area contributed by atoms with Crippen LogP contribution in [0.25, 0.3) is 11.6 Å². The Labute approximate surface area is 192 Å². The van der Waals surface area contributed by atoms with E-state index in [9.17, 15) is 4.79 Å². The Morgan fingerprint density at radius 1 is 1.06 bits per heavy atom. The highest BCUT2D eigenvalue weighted by Crippen LogP contribution is 2.45. The Balaban J connectivity index is 2.10. The summed E-state index contributed by atoms with van der Waals surface area (Å²) < 4.78 is 17.0. The highest BCUT2D eigenvalue weighted by atomic mass is 35.5. The number of halogens is 2. The molecule has 0 radical (unpaired) electrons. The van der Waals surface area contributed by atoms with Gasteiger partial charge in [0.15, 0.2) is 5.78 Å². The van der Waals surface area contributed by atoms with E-state index < -0.39 is 0 Å². The average molecular weight is 462 g/mol. The van der Waals surface area contributed by atoms with Crippen molar-refractivity contribution in [3.8, 4) is 17.2 Å². The average Bonchev–Trinajstić information content (AvgIpc) is 2.78. The fourth-order valence-electron chi connectivity index (χ4n) is 3.56. The lowest BCUT2D eigenvalue weighted by molar-refractivity contribution is 0.104. The lowest BCUT2D eigenvalue weighted by Crippen LogP contribution is -2.24. The zero-order valence-corrected chi connectivity index (χ0v) is 19.5. The molecule has 0 aromatic heterocycles. The van der Waals surface area contributed by atoms with Crippen LogP contribution in [0.2, 0.25) is 10.0 Å². The van der Waals surface area contributed by atoms with Crippen molar-refractivity contribution >= 4 is 40.6 Å². The summed E-state index contributed by atoms with van der Waals surface area (Å²) in [4.78, 5) is 15.0. The molecular formula is C24H25Cl2NO4. The van der Waals surface area contributed by atoms with Crippen molar-refractivity contribution in [1.82, 2.24) is 4.90 Å². The third-order valence-electron chi connectivity index (χ3n) is 5.22. The van der Waals surface area contributed by atoms with Crippen molar-refractivity contribution < 1.29 is 19.0 Å². The zero-order valence-electron chi connectivity index (χ0n) is 18.0.